The average Bonchev–Trinajstić information content (AvgIpc) is 2.98. The lowest BCUT2D eigenvalue weighted by Gasteiger charge is -2.23. The third kappa shape index (κ3) is 3.38. The van der Waals surface area contributed by atoms with Crippen LogP contribution in [-0.4, -0.2) is 23.0 Å². The molecule has 0 aliphatic heterocycles. The standard InChI is InChI=1S/C16H21NO3/c1-11(12-7-3-2-4-8-12)14(16(19)20)17-15(18)13-9-5-6-10-13/h2-4,7-8,11,13-14H,5-6,9-10H2,1H3,(H,17,18)(H,19,20)/t11?,14-/m0/s1. The summed E-state index contributed by atoms with van der Waals surface area (Å²) in [5.41, 5.74) is 0.923. The van der Waals surface area contributed by atoms with Crippen molar-refractivity contribution < 1.29 is 14.7 Å². The molecule has 1 fully saturated rings. The molecule has 0 aromatic heterocycles. The normalized spacial score (nSPS) is 18.4. The molecular weight excluding hydrogens is 254 g/mol. The number of carbonyl (C=O) groups excluding carboxylic acids is 1. The van der Waals surface area contributed by atoms with E-state index in [1.54, 1.807) is 0 Å². The lowest BCUT2D eigenvalue weighted by molar-refractivity contribution is -0.143. The van der Waals surface area contributed by atoms with Gasteiger partial charge in [0.25, 0.3) is 0 Å². The molecule has 1 aromatic carbocycles. The van der Waals surface area contributed by atoms with Crippen molar-refractivity contribution in [1.29, 1.82) is 0 Å². The molecule has 1 aromatic rings. The van der Waals surface area contributed by atoms with Crippen molar-refractivity contribution in [3.63, 3.8) is 0 Å². The number of rotatable bonds is 5. The Morgan fingerprint density at radius 3 is 2.35 bits per heavy atom. The van der Waals surface area contributed by atoms with E-state index in [2.05, 4.69) is 5.32 Å². The number of amides is 1. The van der Waals surface area contributed by atoms with E-state index < -0.39 is 12.0 Å². The molecule has 4 nitrogen and oxygen atoms in total. The Bertz CT molecular complexity index is 466. The topological polar surface area (TPSA) is 66.4 Å². The van der Waals surface area contributed by atoms with Crippen LogP contribution in [0.5, 0.6) is 0 Å². The number of nitrogens with one attached hydrogen (secondary N) is 1. The molecule has 0 heterocycles. The molecule has 0 spiro atoms. The Morgan fingerprint density at radius 2 is 1.80 bits per heavy atom. The van der Waals surface area contributed by atoms with E-state index in [0.29, 0.717) is 0 Å². The van der Waals surface area contributed by atoms with Crippen molar-refractivity contribution in [2.75, 3.05) is 0 Å². The fourth-order valence-corrected chi connectivity index (χ4v) is 2.81. The fourth-order valence-electron chi connectivity index (χ4n) is 2.81. The highest BCUT2D eigenvalue weighted by molar-refractivity contribution is 5.85. The van der Waals surface area contributed by atoms with E-state index in [1.165, 1.54) is 0 Å². The number of aliphatic carboxylic acids is 1. The van der Waals surface area contributed by atoms with Crippen molar-refractivity contribution in [2.45, 2.75) is 44.6 Å². The summed E-state index contributed by atoms with van der Waals surface area (Å²) in [5, 5.41) is 12.1. The van der Waals surface area contributed by atoms with Crippen molar-refractivity contribution in [2.24, 2.45) is 5.92 Å². The second-order valence-electron chi connectivity index (χ2n) is 5.51. The number of benzene rings is 1. The Kier molecular flexibility index (Phi) is 4.77. The van der Waals surface area contributed by atoms with Crippen LogP contribution in [0, 0.1) is 5.92 Å². The second-order valence-corrected chi connectivity index (χ2v) is 5.51. The number of hydrogen-bond donors (Lipinski definition) is 2. The van der Waals surface area contributed by atoms with Crippen molar-refractivity contribution >= 4 is 11.9 Å². The third-order valence-corrected chi connectivity index (χ3v) is 4.12. The van der Waals surface area contributed by atoms with Gasteiger partial charge in [-0.15, -0.1) is 0 Å². The predicted molar refractivity (Wildman–Crippen MR) is 76.4 cm³/mol. The molecule has 2 rings (SSSR count). The monoisotopic (exact) mass is 275 g/mol. The predicted octanol–water partition coefficient (Wildman–Crippen LogP) is 2.55. The summed E-state index contributed by atoms with van der Waals surface area (Å²) < 4.78 is 0. The van der Waals surface area contributed by atoms with Gasteiger partial charge in [0.15, 0.2) is 0 Å². The van der Waals surface area contributed by atoms with Gasteiger partial charge in [-0.1, -0.05) is 50.1 Å². The quantitative estimate of drug-likeness (QED) is 0.868. The molecule has 1 saturated carbocycles. The largest absolute Gasteiger partial charge is 0.480 e. The van der Waals surface area contributed by atoms with Crippen LogP contribution in [0.15, 0.2) is 30.3 Å². The van der Waals surface area contributed by atoms with E-state index >= 15 is 0 Å². The van der Waals surface area contributed by atoms with E-state index in [0.717, 1.165) is 31.2 Å². The first-order valence-corrected chi connectivity index (χ1v) is 7.17. The minimum atomic E-state index is -0.979. The van der Waals surface area contributed by atoms with Crippen LogP contribution < -0.4 is 5.32 Å². The van der Waals surface area contributed by atoms with Gasteiger partial charge in [-0.25, -0.2) is 4.79 Å². The van der Waals surface area contributed by atoms with Gasteiger partial charge in [0.1, 0.15) is 6.04 Å². The number of carboxylic acids is 1. The molecule has 4 heteroatoms. The first-order valence-electron chi connectivity index (χ1n) is 7.17. The molecular formula is C16H21NO3. The smallest absolute Gasteiger partial charge is 0.326 e. The van der Waals surface area contributed by atoms with Gasteiger partial charge in [0, 0.05) is 11.8 Å². The van der Waals surface area contributed by atoms with Gasteiger partial charge >= 0.3 is 5.97 Å². The van der Waals surface area contributed by atoms with Crippen molar-refractivity contribution in [1.82, 2.24) is 5.32 Å². The Morgan fingerprint density at radius 1 is 1.20 bits per heavy atom. The van der Waals surface area contributed by atoms with Gasteiger partial charge in [0.05, 0.1) is 0 Å². The maximum atomic E-state index is 12.1. The van der Waals surface area contributed by atoms with Crippen molar-refractivity contribution in [3.8, 4) is 0 Å². The molecule has 0 radical (unpaired) electrons. The zero-order chi connectivity index (χ0) is 14.5. The van der Waals surface area contributed by atoms with Gasteiger partial charge in [-0.3, -0.25) is 4.79 Å². The van der Waals surface area contributed by atoms with Crippen LogP contribution >= 0.6 is 0 Å². The van der Waals surface area contributed by atoms with Crippen LogP contribution in [0.1, 0.15) is 44.1 Å². The van der Waals surface area contributed by atoms with E-state index in [4.69, 9.17) is 0 Å². The molecule has 1 unspecified atom stereocenters. The summed E-state index contributed by atoms with van der Waals surface area (Å²) in [6.07, 6.45) is 3.86. The average molecular weight is 275 g/mol. The molecule has 108 valence electrons. The molecule has 0 saturated heterocycles. The highest BCUT2D eigenvalue weighted by atomic mass is 16.4. The molecule has 0 bridgehead atoms. The van der Waals surface area contributed by atoms with E-state index in [1.807, 2.05) is 37.3 Å². The molecule has 20 heavy (non-hydrogen) atoms. The van der Waals surface area contributed by atoms with Crippen molar-refractivity contribution in [3.05, 3.63) is 35.9 Å². The summed E-state index contributed by atoms with van der Waals surface area (Å²) in [5.74, 6) is -1.36. The minimum absolute atomic E-state index is 0.0141. The maximum Gasteiger partial charge on any atom is 0.326 e. The van der Waals surface area contributed by atoms with Gasteiger partial charge < -0.3 is 10.4 Å². The lowest BCUT2D eigenvalue weighted by Crippen LogP contribution is -2.46. The zero-order valence-electron chi connectivity index (χ0n) is 11.7. The Hall–Kier alpha value is -1.84. The third-order valence-electron chi connectivity index (χ3n) is 4.12. The van der Waals surface area contributed by atoms with E-state index in [-0.39, 0.29) is 17.7 Å². The first-order chi connectivity index (χ1) is 9.59. The summed E-state index contributed by atoms with van der Waals surface area (Å²) in [4.78, 5) is 23.6. The van der Waals surface area contributed by atoms with Gasteiger partial charge in [-0.2, -0.15) is 0 Å². The van der Waals surface area contributed by atoms with Crippen LogP contribution in [0.2, 0.25) is 0 Å². The van der Waals surface area contributed by atoms with Crippen LogP contribution in [0.4, 0.5) is 0 Å². The number of carboxylic acid groups (broad SMARTS) is 1. The highest BCUT2D eigenvalue weighted by Crippen LogP contribution is 2.26. The molecule has 1 aliphatic rings. The zero-order valence-corrected chi connectivity index (χ0v) is 11.7. The minimum Gasteiger partial charge on any atom is -0.480 e. The number of hydrogen-bond acceptors (Lipinski definition) is 2. The van der Waals surface area contributed by atoms with E-state index in [9.17, 15) is 14.7 Å². The summed E-state index contributed by atoms with van der Waals surface area (Å²) in [6.45, 7) is 1.84. The molecule has 2 atom stereocenters. The second kappa shape index (κ2) is 6.55. The maximum absolute atomic E-state index is 12.1. The molecule has 1 amide bonds. The van der Waals surface area contributed by atoms with Crippen LogP contribution in [0.25, 0.3) is 0 Å². The van der Waals surface area contributed by atoms with Crippen LogP contribution in [0.3, 0.4) is 0 Å². The van der Waals surface area contributed by atoms with Crippen LogP contribution in [-0.2, 0) is 9.59 Å². The molecule has 2 N–H and O–H groups in total. The molecule has 1 aliphatic carbocycles. The summed E-state index contributed by atoms with van der Waals surface area (Å²) in [6, 6.07) is 8.56. The fraction of sp³-hybridized carbons (Fsp3) is 0.500. The number of carbonyl (C=O) groups is 2. The van der Waals surface area contributed by atoms with Gasteiger partial charge in [-0.05, 0) is 18.4 Å². The SMILES string of the molecule is CC(c1ccccc1)[C@H](NC(=O)C1CCCC1)C(=O)O. The lowest BCUT2D eigenvalue weighted by atomic mass is 9.92. The Balaban J connectivity index is 2.07. The van der Waals surface area contributed by atoms with Gasteiger partial charge in [0.2, 0.25) is 5.91 Å². The Labute approximate surface area is 119 Å². The summed E-state index contributed by atoms with van der Waals surface area (Å²) >= 11 is 0. The first kappa shape index (κ1) is 14.6. The summed E-state index contributed by atoms with van der Waals surface area (Å²) in [7, 11) is 0. The highest BCUT2D eigenvalue weighted by Gasteiger charge is 2.31.